The van der Waals surface area contributed by atoms with Gasteiger partial charge in [0.05, 0.1) is 17.7 Å². The predicted molar refractivity (Wildman–Crippen MR) is 171 cm³/mol. The summed E-state index contributed by atoms with van der Waals surface area (Å²) in [5.41, 5.74) is 2.81. The third kappa shape index (κ3) is 8.03. The molecule has 0 unspecified atom stereocenters. The van der Waals surface area contributed by atoms with Gasteiger partial charge in [0.25, 0.3) is 10.0 Å². The van der Waals surface area contributed by atoms with Gasteiger partial charge >= 0.3 is 0 Å². The number of methoxy groups -OCH3 is 1. The number of likely N-dealkylation sites (N-methyl/N-ethyl adjacent to an activating group) is 1. The lowest BCUT2D eigenvalue weighted by Crippen LogP contribution is -2.53. The van der Waals surface area contributed by atoms with Crippen LogP contribution < -0.4 is 14.4 Å². The Hall–Kier alpha value is -4.15. The van der Waals surface area contributed by atoms with Gasteiger partial charge < -0.3 is 15.0 Å². The Morgan fingerprint density at radius 3 is 2.19 bits per heavy atom. The maximum absolute atomic E-state index is 14.3. The molecule has 1 N–H and O–H groups in total. The Morgan fingerprint density at radius 1 is 0.884 bits per heavy atom. The molecule has 4 aromatic rings. The van der Waals surface area contributed by atoms with E-state index >= 15 is 0 Å². The summed E-state index contributed by atoms with van der Waals surface area (Å²) in [5, 5.41) is 2.69. The number of halogens is 1. The number of anilines is 1. The van der Waals surface area contributed by atoms with E-state index in [2.05, 4.69) is 21.2 Å². The van der Waals surface area contributed by atoms with Crippen LogP contribution in [0.4, 0.5) is 5.69 Å². The molecule has 0 spiro atoms. The fourth-order valence-corrected chi connectivity index (χ4v) is 6.31. The second-order valence-electron chi connectivity index (χ2n) is 9.99. The molecule has 0 bridgehead atoms. The second kappa shape index (κ2) is 14.3. The summed E-state index contributed by atoms with van der Waals surface area (Å²) in [4.78, 5) is 29.2. The first-order valence-corrected chi connectivity index (χ1v) is 15.9. The van der Waals surface area contributed by atoms with Gasteiger partial charge in [-0.1, -0.05) is 82.2 Å². The number of benzene rings is 4. The summed E-state index contributed by atoms with van der Waals surface area (Å²) < 4.78 is 35.5. The van der Waals surface area contributed by atoms with Gasteiger partial charge in [0.2, 0.25) is 11.8 Å². The van der Waals surface area contributed by atoms with E-state index in [4.69, 9.17) is 4.74 Å². The molecule has 43 heavy (non-hydrogen) atoms. The van der Waals surface area contributed by atoms with Crippen molar-refractivity contribution >= 4 is 43.5 Å². The molecule has 0 aliphatic heterocycles. The summed E-state index contributed by atoms with van der Waals surface area (Å²) >= 11 is 3.44. The number of sulfonamides is 1. The molecule has 1 atom stereocenters. The van der Waals surface area contributed by atoms with E-state index in [0.29, 0.717) is 5.75 Å². The first-order chi connectivity index (χ1) is 20.6. The normalized spacial score (nSPS) is 11.8. The number of amides is 2. The number of nitrogens with one attached hydrogen (secondary N) is 1. The average molecular weight is 665 g/mol. The zero-order valence-corrected chi connectivity index (χ0v) is 26.6. The predicted octanol–water partition coefficient (Wildman–Crippen LogP) is 5.35. The van der Waals surface area contributed by atoms with Crippen molar-refractivity contribution in [1.29, 1.82) is 0 Å². The minimum absolute atomic E-state index is 0.0420. The van der Waals surface area contributed by atoms with Gasteiger partial charge in [-0.3, -0.25) is 13.9 Å². The van der Waals surface area contributed by atoms with E-state index in [1.807, 2.05) is 61.5 Å². The Morgan fingerprint density at radius 2 is 1.56 bits per heavy atom. The van der Waals surface area contributed by atoms with Crippen molar-refractivity contribution in [3.8, 4) is 5.75 Å². The number of ether oxygens (including phenoxy) is 1. The fraction of sp³-hybridized carbons (Fsp3) is 0.212. The highest BCUT2D eigenvalue weighted by Gasteiger charge is 2.34. The first kappa shape index (κ1) is 31.8. The summed E-state index contributed by atoms with van der Waals surface area (Å²) in [7, 11) is -1.18. The highest BCUT2D eigenvalue weighted by molar-refractivity contribution is 9.10. The molecule has 10 heteroatoms. The summed E-state index contributed by atoms with van der Waals surface area (Å²) in [6, 6.07) is 28.9. The number of nitrogens with zero attached hydrogens (tertiary/aromatic N) is 2. The van der Waals surface area contributed by atoms with E-state index in [-0.39, 0.29) is 29.5 Å². The van der Waals surface area contributed by atoms with E-state index in [9.17, 15) is 18.0 Å². The maximum atomic E-state index is 14.3. The zero-order chi connectivity index (χ0) is 31.0. The summed E-state index contributed by atoms with van der Waals surface area (Å²) in [6.45, 7) is 1.42. The Balaban J connectivity index is 1.79. The quantitative estimate of drug-likeness (QED) is 0.221. The molecule has 224 valence electrons. The highest BCUT2D eigenvalue weighted by Crippen LogP contribution is 2.28. The van der Waals surface area contributed by atoms with Crippen LogP contribution >= 0.6 is 15.9 Å². The van der Waals surface area contributed by atoms with Crippen molar-refractivity contribution in [3.05, 3.63) is 124 Å². The van der Waals surface area contributed by atoms with Crippen LogP contribution in [0.5, 0.6) is 5.75 Å². The number of carbonyl (C=O) groups is 2. The lowest BCUT2D eigenvalue weighted by Gasteiger charge is -2.33. The van der Waals surface area contributed by atoms with Crippen molar-refractivity contribution < 1.29 is 22.7 Å². The van der Waals surface area contributed by atoms with Gasteiger partial charge in [0.15, 0.2) is 0 Å². The van der Waals surface area contributed by atoms with E-state index < -0.39 is 28.5 Å². The molecule has 0 aromatic heterocycles. The van der Waals surface area contributed by atoms with Crippen LogP contribution in [0.2, 0.25) is 0 Å². The molecule has 0 fully saturated rings. The average Bonchev–Trinajstić information content (AvgIpc) is 3.02. The van der Waals surface area contributed by atoms with Gasteiger partial charge in [0.1, 0.15) is 18.3 Å². The maximum Gasteiger partial charge on any atom is 0.264 e. The Kier molecular flexibility index (Phi) is 10.6. The Labute approximate surface area is 261 Å². The smallest absolute Gasteiger partial charge is 0.264 e. The molecule has 4 aromatic carbocycles. The Bertz CT molecular complexity index is 1650. The van der Waals surface area contributed by atoms with Crippen LogP contribution in [0.1, 0.15) is 16.7 Å². The SMILES string of the molecule is CNC(=O)[C@@H](Cc1ccccc1)N(Cc1ccc(Br)cc1)C(=O)CN(c1cccc(OC)c1)S(=O)(=O)c1ccc(C)cc1. The number of carbonyl (C=O) groups excluding carboxylic acids is 2. The van der Waals surface area contributed by atoms with Crippen molar-refractivity contribution in [1.82, 2.24) is 10.2 Å². The zero-order valence-electron chi connectivity index (χ0n) is 24.2. The fourth-order valence-electron chi connectivity index (χ4n) is 4.64. The lowest BCUT2D eigenvalue weighted by atomic mass is 10.0. The molecular weight excluding hydrogens is 630 g/mol. The van der Waals surface area contributed by atoms with Gasteiger partial charge in [-0.05, 0) is 54.4 Å². The van der Waals surface area contributed by atoms with E-state index in [1.165, 1.54) is 31.2 Å². The topological polar surface area (TPSA) is 96.0 Å². The third-order valence-corrected chi connectivity index (χ3v) is 9.33. The van der Waals surface area contributed by atoms with Gasteiger partial charge in [-0.25, -0.2) is 8.42 Å². The second-order valence-corrected chi connectivity index (χ2v) is 12.8. The molecule has 0 saturated heterocycles. The van der Waals surface area contributed by atoms with Crippen LogP contribution in [-0.4, -0.2) is 51.9 Å². The number of hydrogen-bond donors (Lipinski definition) is 1. The van der Waals surface area contributed by atoms with Gasteiger partial charge in [-0.15, -0.1) is 0 Å². The summed E-state index contributed by atoms with van der Waals surface area (Å²) in [5.74, 6) is -0.456. The summed E-state index contributed by atoms with van der Waals surface area (Å²) in [6.07, 6.45) is 0.243. The molecule has 0 heterocycles. The first-order valence-electron chi connectivity index (χ1n) is 13.6. The van der Waals surface area contributed by atoms with Crippen LogP contribution in [-0.2, 0) is 32.6 Å². The van der Waals surface area contributed by atoms with Crippen LogP contribution in [0, 0.1) is 6.92 Å². The van der Waals surface area contributed by atoms with Crippen molar-refractivity contribution in [2.24, 2.45) is 0 Å². The minimum atomic E-state index is -4.19. The highest BCUT2D eigenvalue weighted by atomic mass is 79.9. The number of aryl methyl sites for hydroxylation is 1. The number of hydrogen-bond acceptors (Lipinski definition) is 5. The largest absolute Gasteiger partial charge is 0.497 e. The molecule has 4 rings (SSSR count). The van der Waals surface area contributed by atoms with Gasteiger partial charge in [-0.2, -0.15) is 0 Å². The molecule has 0 radical (unpaired) electrons. The van der Waals surface area contributed by atoms with Gasteiger partial charge in [0, 0.05) is 30.6 Å². The number of rotatable bonds is 12. The van der Waals surface area contributed by atoms with E-state index in [1.54, 1.807) is 36.4 Å². The van der Waals surface area contributed by atoms with Crippen LogP contribution in [0.15, 0.2) is 112 Å². The molecular formula is C33H34BrN3O5S. The van der Waals surface area contributed by atoms with Crippen molar-refractivity contribution in [3.63, 3.8) is 0 Å². The lowest BCUT2D eigenvalue weighted by molar-refractivity contribution is -0.139. The molecule has 0 aliphatic rings. The molecule has 0 aliphatic carbocycles. The van der Waals surface area contributed by atoms with E-state index in [0.717, 1.165) is 25.5 Å². The third-order valence-electron chi connectivity index (χ3n) is 7.01. The van der Waals surface area contributed by atoms with Crippen LogP contribution in [0.3, 0.4) is 0 Å². The molecule has 8 nitrogen and oxygen atoms in total. The minimum Gasteiger partial charge on any atom is -0.497 e. The van der Waals surface area contributed by atoms with Crippen molar-refractivity contribution in [2.75, 3.05) is 25.0 Å². The standard InChI is InChI=1S/C33H34BrN3O5S/c1-24-12-18-30(19-13-24)43(40,41)37(28-10-7-11-29(21-28)42-3)23-32(38)36(22-26-14-16-27(34)17-15-26)31(33(39)35-2)20-25-8-5-4-6-9-25/h4-19,21,31H,20,22-23H2,1-3H3,(H,35,39)/t31-/m1/s1. The van der Waals surface area contributed by atoms with Crippen molar-refractivity contribution in [2.45, 2.75) is 30.8 Å². The monoisotopic (exact) mass is 663 g/mol. The molecule has 0 saturated carbocycles. The molecule has 2 amide bonds. The van der Waals surface area contributed by atoms with Crippen LogP contribution in [0.25, 0.3) is 0 Å².